The molecule has 1 aliphatic heterocycles. The van der Waals surface area contributed by atoms with E-state index in [9.17, 15) is 123 Å². The molecule has 1 aliphatic rings. The number of hydrogen-bond acceptors (Lipinski definition) is 22. The molecule has 38 heteroatoms. The maximum Gasteiger partial charge on any atom is 0.326 e. The molecule has 0 aromatic heterocycles. The van der Waals surface area contributed by atoms with Crippen LogP contribution < -0.4 is 42.5 Å². The van der Waals surface area contributed by atoms with Crippen LogP contribution in [0.15, 0.2) is 66.7 Å². The fraction of sp³-hybridized carbons (Fsp3) is 0.522. The summed E-state index contributed by atoms with van der Waals surface area (Å²) in [5.74, 6) is -15.8. The summed E-state index contributed by atoms with van der Waals surface area (Å²) in [6.07, 6.45) is -3.44. The number of unbranched alkanes of at least 4 members (excludes halogenated alkanes) is 1. The second kappa shape index (κ2) is 45.8. The van der Waals surface area contributed by atoms with Crippen molar-refractivity contribution in [1.29, 1.82) is 0 Å². The molecule has 7 atom stereocenters. The first-order chi connectivity index (χ1) is 49.9. The number of benzene rings is 3. The number of urea groups is 1. The Morgan fingerprint density at radius 1 is 0.410 bits per heavy atom. The number of fused-ring (bicyclic) bond motifs is 1. The maximum absolute atomic E-state index is 14.7. The Morgan fingerprint density at radius 2 is 0.829 bits per heavy atom. The van der Waals surface area contributed by atoms with E-state index in [0.29, 0.717) is 11.1 Å². The van der Waals surface area contributed by atoms with Crippen LogP contribution in [0.25, 0.3) is 10.8 Å². The number of carbonyl (C=O) groups is 16. The monoisotopic (exact) mass is 1480 g/mol. The summed E-state index contributed by atoms with van der Waals surface area (Å²) in [5.41, 5.74) is 0.950. The molecular weight excluding hydrogens is 1390 g/mol. The Hall–Kier alpha value is -11.1. The normalized spacial score (nSPS) is 15.3. The highest BCUT2D eigenvalue weighted by Crippen LogP contribution is 2.19. The zero-order valence-electron chi connectivity index (χ0n) is 57.5. The van der Waals surface area contributed by atoms with Gasteiger partial charge in [0, 0.05) is 110 Å². The van der Waals surface area contributed by atoms with E-state index >= 15 is 0 Å². The molecule has 105 heavy (non-hydrogen) atoms. The molecule has 0 radical (unpaired) electrons. The Kier molecular flexibility index (Phi) is 37.6. The molecule has 38 nitrogen and oxygen atoms in total. The molecule has 3 aromatic rings. The molecule has 0 aliphatic carbocycles. The number of nitrogens with one attached hydrogen (secondary N) is 8. The van der Waals surface area contributed by atoms with Crippen molar-refractivity contribution in [3.63, 3.8) is 0 Å². The van der Waals surface area contributed by atoms with E-state index in [0.717, 1.165) is 10.8 Å². The van der Waals surface area contributed by atoms with E-state index < -0.39 is 170 Å². The Labute approximate surface area is 601 Å². The van der Waals surface area contributed by atoms with Crippen molar-refractivity contribution in [3.05, 3.63) is 77.9 Å². The molecule has 2 unspecified atom stereocenters. The Balaban J connectivity index is 1.36. The number of carboxylic acids is 8. The number of amides is 8. The number of aromatic hydroxyl groups is 1. The predicted octanol–water partition coefficient (Wildman–Crippen LogP) is -2.34. The van der Waals surface area contributed by atoms with Gasteiger partial charge in [0.15, 0.2) is 0 Å². The molecule has 0 saturated carbocycles. The fourth-order valence-electron chi connectivity index (χ4n) is 11.1. The second-order valence-corrected chi connectivity index (χ2v) is 24.8. The number of carboxylic acid groups (broad SMARTS) is 8. The standard InChI is InChI=1S/C67H92N12O26/c80-40-105-33-22-49(65(100)101)75-67(104)74-48(64(98)99)16-18-55(84)70-46(62(94)95)9-5-24-69-54(83)21-20-53(82)68-23-4-3-8-47(63(96)97)72-61(93)51(36-42-10-13-43-6-1-2-7-44(43)34-42)73-60(92)50(35-41-11-14-45(81)15-12-41)71-56(85)19-17-52(66(102)103)79-31-29-77(38-58(88)89)27-25-76(37-57(86)87)26-28-78(30-32-79)39-59(90)91/h1-2,6-7,10-15,34,40,46-52,81H,3-5,8-9,16-33,35-39H2,(H,68,82)(H,69,83)(H,70,84)(H,71,85)(H,72,93)(H,73,92)(H,86,87)(H,88,89)(H,90,91)(H,94,95)(H,96,97)(H,98,99)(H,100,101)(H,102,103)(H2,74,75,104)/t46?,47-,48+,49+,50-,51-,52?/m1/s1. The van der Waals surface area contributed by atoms with E-state index in [1.54, 1.807) is 24.3 Å². The molecule has 3 aromatic carbocycles. The number of carbonyl (C=O) groups excluding carboxylic acids is 8. The van der Waals surface area contributed by atoms with Gasteiger partial charge >= 0.3 is 53.8 Å². The smallest absolute Gasteiger partial charge is 0.326 e. The summed E-state index contributed by atoms with van der Waals surface area (Å²) >= 11 is 0. The molecule has 576 valence electrons. The quantitative estimate of drug-likeness (QED) is 0.0208. The van der Waals surface area contributed by atoms with E-state index in [4.69, 9.17) is 0 Å². The third-order valence-electron chi connectivity index (χ3n) is 16.8. The molecule has 4 rings (SSSR count). The number of hydrogen-bond donors (Lipinski definition) is 17. The van der Waals surface area contributed by atoms with Gasteiger partial charge < -0.3 is 93.2 Å². The number of phenols is 1. The Morgan fingerprint density at radius 3 is 1.33 bits per heavy atom. The first-order valence-corrected chi connectivity index (χ1v) is 33.7. The van der Waals surface area contributed by atoms with Crippen LogP contribution in [0.1, 0.15) is 88.2 Å². The lowest BCUT2D eigenvalue weighted by Crippen LogP contribution is -2.57. The molecule has 1 heterocycles. The van der Waals surface area contributed by atoms with Gasteiger partial charge in [-0.05, 0) is 79.0 Å². The van der Waals surface area contributed by atoms with Crippen LogP contribution in [0, 0.1) is 0 Å². The van der Waals surface area contributed by atoms with E-state index in [-0.39, 0.29) is 155 Å². The Bertz CT molecular complexity index is 3460. The van der Waals surface area contributed by atoms with Gasteiger partial charge in [-0.25, -0.2) is 24.0 Å². The van der Waals surface area contributed by atoms with Crippen molar-refractivity contribution >= 4 is 106 Å². The van der Waals surface area contributed by atoms with Gasteiger partial charge in [-0.15, -0.1) is 0 Å². The minimum Gasteiger partial charge on any atom is -0.508 e. The van der Waals surface area contributed by atoms with Gasteiger partial charge in [0.2, 0.25) is 35.4 Å². The minimum absolute atomic E-state index is 0.0159. The lowest BCUT2D eigenvalue weighted by molar-refractivity contribution is -0.145. The summed E-state index contributed by atoms with van der Waals surface area (Å²) in [7, 11) is 0. The van der Waals surface area contributed by atoms with Crippen molar-refractivity contribution in [2.24, 2.45) is 0 Å². The van der Waals surface area contributed by atoms with E-state index in [1.165, 1.54) is 43.9 Å². The zero-order valence-corrected chi connectivity index (χ0v) is 57.5. The average Bonchev–Trinajstić information content (AvgIpc) is 0.834. The molecule has 8 amide bonds. The van der Waals surface area contributed by atoms with Gasteiger partial charge in [-0.1, -0.05) is 54.6 Å². The van der Waals surface area contributed by atoms with Crippen LogP contribution in [0.4, 0.5) is 4.79 Å². The van der Waals surface area contributed by atoms with Gasteiger partial charge in [0.1, 0.15) is 48.0 Å². The van der Waals surface area contributed by atoms with Crippen molar-refractivity contribution in [3.8, 4) is 5.75 Å². The van der Waals surface area contributed by atoms with Crippen molar-refractivity contribution in [2.75, 3.05) is 91.7 Å². The number of ether oxygens (including phenoxy) is 1. The summed E-state index contributed by atoms with van der Waals surface area (Å²) in [5, 5.41) is 109. The van der Waals surface area contributed by atoms with Crippen LogP contribution in [0.3, 0.4) is 0 Å². The zero-order chi connectivity index (χ0) is 77.5. The third-order valence-corrected chi connectivity index (χ3v) is 16.8. The minimum atomic E-state index is -1.71. The number of phenolic OH excluding ortho intramolecular Hbond substituents is 1. The molecule has 0 spiro atoms. The number of rotatable bonds is 46. The molecular formula is C67H92N12O26. The average molecular weight is 1480 g/mol. The highest BCUT2D eigenvalue weighted by molar-refractivity contribution is 5.94. The highest BCUT2D eigenvalue weighted by atomic mass is 16.5. The molecule has 17 N–H and O–H groups in total. The van der Waals surface area contributed by atoms with Gasteiger partial charge in [-0.2, -0.15) is 0 Å². The predicted molar refractivity (Wildman–Crippen MR) is 366 cm³/mol. The van der Waals surface area contributed by atoms with Crippen molar-refractivity contribution in [1.82, 2.24) is 62.1 Å². The first kappa shape index (κ1) is 86.3. The van der Waals surface area contributed by atoms with Crippen molar-refractivity contribution in [2.45, 2.75) is 132 Å². The number of nitrogens with zero attached hydrogens (tertiary/aromatic N) is 4. The third kappa shape index (κ3) is 34.1. The van der Waals surface area contributed by atoms with E-state index in [2.05, 4.69) is 36.6 Å². The van der Waals surface area contributed by atoms with Crippen LogP contribution in [0.5, 0.6) is 5.75 Å². The summed E-state index contributed by atoms with van der Waals surface area (Å²) < 4.78 is 4.41. The summed E-state index contributed by atoms with van der Waals surface area (Å²) in [6, 6.07) is 6.20. The lowest BCUT2D eigenvalue weighted by atomic mass is 9.99. The topological polar surface area (TPSA) is 574 Å². The summed E-state index contributed by atoms with van der Waals surface area (Å²) in [4.78, 5) is 206. The van der Waals surface area contributed by atoms with Crippen LogP contribution in [-0.2, 0) is 89.5 Å². The molecule has 0 bridgehead atoms. The maximum atomic E-state index is 14.7. The van der Waals surface area contributed by atoms with Crippen LogP contribution in [0.2, 0.25) is 0 Å². The second-order valence-electron chi connectivity index (χ2n) is 24.8. The van der Waals surface area contributed by atoms with Crippen molar-refractivity contribution < 1.29 is 127 Å². The fourth-order valence-corrected chi connectivity index (χ4v) is 11.1. The lowest BCUT2D eigenvalue weighted by Gasteiger charge is -2.35. The largest absolute Gasteiger partial charge is 0.508 e. The number of aliphatic carboxylic acids is 8. The first-order valence-electron chi connectivity index (χ1n) is 33.7. The SMILES string of the molecule is O=COCC[C@H](NC(=O)N[C@@H](CCC(=O)NC(CCCNC(=O)CCC(=O)NCCCC[C@@H](NC(=O)[C@@H](Cc1ccc2ccccc2c1)NC(=O)[C@@H](Cc1ccc(O)cc1)NC(=O)CCC(C(=O)O)N1CCN(CC(=O)O)CCN(CC(=O)O)CCN(CC(=O)O)CC1)C(=O)O)C(=O)O)C(=O)O)C(=O)O. The van der Waals surface area contributed by atoms with Crippen LogP contribution >= 0.6 is 0 Å². The summed E-state index contributed by atoms with van der Waals surface area (Å²) in [6.45, 7) is -1.68. The van der Waals surface area contributed by atoms with E-state index in [1.807, 2.05) is 28.8 Å². The van der Waals surface area contributed by atoms with Gasteiger partial charge in [0.05, 0.1) is 26.2 Å². The van der Waals surface area contributed by atoms with Gasteiger partial charge in [-0.3, -0.25) is 72.3 Å². The molecule has 1 saturated heterocycles. The van der Waals surface area contributed by atoms with Crippen LogP contribution in [-0.4, -0.2) is 295 Å². The molecule has 1 fully saturated rings. The highest BCUT2D eigenvalue weighted by Gasteiger charge is 2.34. The van der Waals surface area contributed by atoms with Gasteiger partial charge in [0.25, 0.3) is 6.47 Å².